The molecule has 0 unspecified atom stereocenters. The summed E-state index contributed by atoms with van der Waals surface area (Å²) in [4.78, 5) is 12.1. The number of esters is 1. The quantitative estimate of drug-likeness (QED) is 0.563. The first-order valence-corrected chi connectivity index (χ1v) is 7.03. The molecule has 0 spiro atoms. The Balaban J connectivity index is 2.79. The average Bonchev–Trinajstić information content (AvgIpc) is 2.41. The van der Waals surface area contributed by atoms with Gasteiger partial charge in [-0.25, -0.2) is 4.79 Å². The number of carbonyl (C=O) groups is 1. The zero-order valence-electron chi connectivity index (χ0n) is 12.8. The molecule has 1 rings (SSSR count). The second-order valence-electron chi connectivity index (χ2n) is 5.43. The normalized spacial score (nSPS) is 12.0. The van der Waals surface area contributed by atoms with Crippen molar-refractivity contribution in [3.63, 3.8) is 0 Å². The highest BCUT2D eigenvalue weighted by molar-refractivity contribution is 5.94. The third kappa shape index (κ3) is 6.53. The van der Waals surface area contributed by atoms with Crippen LogP contribution in [-0.2, 0) is 14.3 Å². The first-order valence-electron chi connectivity index (χ1n) is 7.03. The first-order chi connectivity index (χ1) is 9.49. The lowest BCUT2D eigenvalue weighted by atomic mass is 10.1. The van der Waals surface area contributed by atoms with Gasteiger partial charge in [0.1, 0.15) is 0 Å². The molecule has 0 aliphatic rings. The Bertz CT molecular complexity index is 433. The third-order valence-electron chi connectivity index (χ3n) is 2.52. The van der Waals surface area contributed by atoms with Crippen molar-refractivity contribution in [2.75, 3.05) is 13.2 Å². The number of hydrogen-bond acceptors (Lipinski definition) is 3. The zero-order chi connectivity index (χ0) is 15.0. The average molecular weight is 276 g/mol. The highest BCUT2D eigenvalue weighted by Gasteiger charge is 2.13. The van der Waals surface area contributed by atoms with E-state index in [9.17, 15) is 4.79 Å². The van der Waals surface area contributed by atoms with E-state index in [0.29, 0.717) is 18.1 Å². The SMILES string of the molecule is CC(C)COC(=O)C(=Cc1ccccc1)COC(C)C. The van der Waals surface area contributed by atoms with Gasteiger partial charge < -0.3 is 9.47 Å². The lowest BCUT2D eigenvalue weighted by Crippen LogP contribution is -2.17. The molecule has 0 heterocycles. The van der Waals surface area contributed by atoms with E-state index >= 15 is 0 Å². The fourth-order valence-corrected chi connectivity index (χ4v) is 1.50. The van der Waals surface area contributed by atoms with Gasteiger partial charge in [0.2, 0.25) is 0 Å². The van der Waals surface area contributed by atoms with Crippen molar-refractivity contribution in [1.82, 2.24) is 0 Å². The van der Waals surface area contributed by atoms with Crippen LogP contribution in [-0.4, -0.2) is 25.3 Å². The molecule has 0 bridgehead atoms. The van der Waals surface area contributed by atoms with E-state index in [1.165, 1.54) is 0 Å². The summed E-state index contributed by atoms with van der Waals surface area (Å²) in [7, 11) is 0. The van der Waals surface area contributed by atoms with Crippen molar-refractivity contribution in [3.05, 3.63) is 41.5 Å². The molecule has 0 atom stereocenters. The van der Waals surface area contributed by atoms with Crippen molar-refractivity contribution < 1.29 is 14.3 Å². The van der Waals surface area contributed by atoms with E-state index in [-0.39, 0.29) is 18.7 Å². The lowest BCUT2D eigenvalue weighted by molar-refractivity contribution is -0.140. The Morgan fingerprint density at radius 2 is 1.80 bits per heavy atom. The van der Waals surface area contributed by atoms with Crippen LogP contribution in [0, 0.1) is 5.92 Å². The van der Waals surface area contributed by atoms with Crippen LogP contribution in [0.4, 0.5) is 0 Å². The molecule has 0 aliphatic carbocycles. The van der Waals surface area contributed by atoms with E-state index in [0.717, 1.165) is 5.56 Å². The summed E-state index contributed by atoms with van der Waals surface area (Å²) in [5.74, 6) is 0.0196. The molecule has 0 amide bonds. The summed E-state index contributed by atoms with van der Waals surface area (Å²) < 4.78 is 10.8. The maximum atomic E-state index is 12.1. The lowest BCUT2D eigenvalue weighted by Gasteiger charge is -2.12. The molecule has 3 heteroatoms. The maximum Gasteiger partial charge on any atom is 0.336 e. The van der Waals surface area contributed by atoms with Gasteiger partial charge in [0, 0.05) is 0 Å². The Morgan fingerprint density at radius 1 is 1.15 bits per heavy atom. The molecule has 0 aromatic heterocycles. The van der Waals surface area contributed by atoms with Crippen LogP contribution in [0.5, 0.6) is 0 Å². The summed E-state index contributed by atoms with van der Waals surface area (Å²) in [5, 5.41) is 0. The van der Waals surface area contributed by atoms with Gasteiger partial charge in [-0.05, 0) is 31.4 Å². The number of ether oxygens (including phenoxy) is 2. The molecule has 1 aromatic carbocycles. The predicted molar refractivity (Wildman–Crippen MR) is 81.3 cm³/mol. The topological polar surface area (TPSA) is 35.5 Å². The molecule has 0 saturated carbocycles. The standard InChI is InChI=1S/C17H24O3/c1-13(2)11-20-17(18)16(12-19-14(3)4)10-15-8-6-5-7-9-15/h5-10,13-14H,11-12H2,1-4H3. The minimum atomic E-state index is -0.303. The monoisotopic (exact) mass is 276 g/mol. The highest BCUT2D eigenvalue weighted by Crippen LogP contribution is 2.10. The molecule has 0 N–H and O–H groups in total. The van der Waals surface area contributed by atoms with E-state index in [2.05, 4.69) is 0 Å². The molecular formula is C17H24O3. The van der Waals surface area contributed by atoms with Gasteiger partial charge in [-0.3, -0.25) is 0 Å². The maximum absolute atomic E-state index is 12.1. The van der Waals surface area contributed by atoms with Crippen LogP contribution in [0.25, 0.3) is 6.08 Å². The Hall–Kier alpha value is -1.61. The number of rotatable bonds is 7. The van der Waals surface area contributed by atoms with Crippen LogP contribution in [0.3, 0.4) is 0 Å². The van der Waals surface area contributed by atoms with Crippen molar-refractivity contribution in [2.24, 2.45) is 5.92 Å². The minimum absolute atomic E-state index is 0.0760. The van der Waals surface area contributed by atoms with Gasteiger partial charge in [0.25, 0.3) is 0 Å². The van der Waals surface area contributed by atoms with Gasteiger partial charge >= 0.3 is 5.97 Å². The smallest absolute Gasteiger partial charge is 0.336 e. The number of hydrogen-bond donors (Lipinski definition) is 0. The van der Waals surface area contributed by atoms with E-state index in [1.54, 1.807) is 0 Å². The van der Waals surface area contributed by atoms with Crippen LogP contribution < -0.4 is 0 Å². The first kappa shape index (κ1) is 16.4. The van der Waals surface area contributed by atoms with Gasteiger partial charge in [-0.2, -0.15) is 0 Å². The number of benzene rings is 1. The van der Waals surface area contributed by atoms with Crippen molar-refractivity contribution in [1.29, 1.82) is 0 Å². The van der Waals surface area contributed by atoms with Gasteiger partial charge in [0.05, 0.1) is 24.9 Å². The van der Waals surface area contributed by atoms with Gasteiger partial charge in [-0.15, -0.1) is 0 Å². The summed E-state index contributed by atoms with van der Waals surface area (Å²) in [6, 6.07) is 9.72. The Labute approximate surface area is 121 Å². The van der Waals surface area contributed by atoms with Gasteiger partial charge in [0.15, 0.2) is 0 Å². The molecular weight excluding hydrogens is 252 g/mol. The molecule has 0 radical (unpaired) electrons. The molecule has 1 aromatic rings. The fourth-order valence-electron chi connectivity index (χ4n) is 1.50. The van der Waals surface area contributed by atoms with Crippen molar-refractivity contribution >= 4 is 12.0 Å². The van der Waals surface area contributed by atoms with Crippen LogP contribution in [0.1, 0.15) is 33.3 Å². The van der Waals surface area contributed by atoms with Crippen molar-refractivity contribution in [3.8, 4) is 0 Å². The van der Waals surface area contributed by atoms with E-state index in [1.807, 2.05) is 64.1 Å². The molecule has 0 aliphatic heterocycles. The largest absolute Gasteiger partial charge is 0.462 e. The molecule has 0 fully saturated rings. The summed E-state index contributed by atoms with van der Waals surface area (Å²) in [6.07, 6.45) is 1.90. The molecule has 20 heavy (non-hydrogen) atoms. The summed E-state index contributed by atoms with van der Waals surface area (Å²) in [5.41, 5.74) is 1.52. The molecule has 3 nitrogen and oxygen atoms in total. The zero-order valence-corrected chi connectivity index (χ0v) is 12.8. The number of carbonyl (C=O) groups excluding carboxylic acids is 1. The van der Waals surface area contributed by atoms with E-state index < -0.39 is 0 Å². The van der Waals surface area contributed by atoms with Gasteiger partial charge in [-0.1, -0.05) is 44.2 Å². The third-order valence-corrected chi connectivity index (χ3v) is 2.52. The Morgan fingerprint density at radius 3 is 2.35 bits per heavy atom. The fraction of sp³-hybridized carbons (Fsp3) is 0.471. The summed E-state index contributed by atoms with van der Waals surface area (Å²) in [6.45, 7) is 8.60. The Kier molecular flexibility index (Phi) is 7.02. The summed E-state index contributed by atoms with van der Waals surface area (Å²) >= 11 is 0. The van der Waals surface area contributed by atoms with Crippen LogP contribution >= 0.6 is 0 Å². The second-order valence-corrected chi connectivity index (χ2v) is 5.43. The van der Waals surface area contributed by atoms with E-state index in [4.69, 9.17) is 9.47 Å². The molecule has 0 saturated heterocycles. The highest BCUT2D eigenvalue weighted by atomic mass is 16.5. The minimum Gasteiger partial charge on any atom is -0.462 e. The van der Waals surface area contributed by atoms with Crippen LogP contribution in [0.2, 0.25) is 0 Å². The second kappa shape index (κ2) is 8.54. The van der Waals surface area contributed by atoms with Crippen molar-refractivity contribution in [2.45, 2.75) is 33.8 Å². The van der Waals surface area contributed by atoms with Crippen LogP contribution in [0.15, 0.2) is 35.9 Å². The molecule has 110 valence electrons. The predicted octanol–water partition coefficient (Wildman–Crippen LogP) is 3.69.